The number of rotatable bonds is 6. The summed E-state index contributed by atoms with van der Waals surface area (Å²) in [5, 5.41) is 9.20. The Kier molecular flexibility index (Phi) is 5.16. The first-order chi connectivity index (χ1) is 10.1. The summed E-state index contributed by atoms with van der Waals surface area (Å²) in [6.45, 7) is 5.19. The minimum atomic E-state index is -0.0931. The van der Waals surface area contributed by atoms with Crippen LogP contribution in [0.25, 0.3) is 0 Å². The number of amides is 1. The number of aromatic nitrogens is 1. The van der Waals surface area contributed by atoms with E-state index >= 15 is 0 Å². The van der Waals surface area contributed by atoms with Crippen molar-refractivity contribution in [1.29, 1.82) is 0 Å². The maximum atomic E-state index is 12.0. The van der Waals surface area contributed by atoms with Gasteiger partial charge in [-0.05, 0) is 32.0 Å². The summed E-state index contributed by atoms with van der Waals surface area (Å²) in [4.78, 5) is 16.4. The number of nitrogen functional groups attached to an aromatic ring is 1. The predicted octanol–water partition coefficient (Wildman–Crippen LogP) is 2.44. The summed E-state index contributed by atoms with van der Waals surface area (Å²) in [5.41, 5.74) is 8.87. The van der Waals surface area contributed by atoms with Crippen molar-refractivity contribution in [1.82, 2.24) is 10.3 Å². The molecule has 0 bridgehead atoms. The number of anilines is 2. The molecular formula is C15H20N4OS. The van der Waals surface area contributed by atoms with Crippen LogP contribution in [0.4, 0.5) is 11.4 Å². The van der Waals surface area contributed by atoms with Gasteiger partial charge in [0.2, 0.25) is 0 Å². The highest BCUT2D eigenvalue weighted by Gasteiger charge is 2.10. The van der Waals surface area contributed by atoms with Gasteiger partial charge in [-0.1, -0.05) is 0 Å². The highest BCUT2D eigenvalue weighted by atomic mass is 32.1. The Morgan fingerprint density at radius 3 is 2.90 bits per heavy atom. The summed E-state index contributed by atoms with van der Waals surface area (Å²) < 4.78 is 0. The molecule has 1 aromatic carbocycles. The Bertz CT molecular complexity index is 624. The molecule has 0 fully saturated rings. The van der Waals surface area contributed by atoms with Gasteiger partial charge in [-0.25, -0.2) is 4.98 Å². The van der Waals surface area contributed by atoms with Crippen molar-refractivity contribution in [3.63, 3.8) is 0 Å². The highest BCUT2D eigenvalue weighted by molar-refractivity contribution is 7.09. The molecule has 1 aromatic heterocycles. The number of nitrogens with one attached hydrogen (secondary N) is 2. The molecule has 2 aromatic rings. The van der Waals surface area contributed by atoms with Crippen molar-refractivity contribution < 1.29 is 4.79 Å². The zero-order valence-electron chi connectivity index (χ0n) is 12.3. The SMILES string of the molecule is CCNC(=O)c1ccc(N)cc1NCCc1csc(C)n1. The van der Waals surface area contributed by atoms with Crippen molar-refractivity contribution in [2.24, 2.45) is 0 Å². The second-order valence-electron chi connectivity index (χ2n) is 4.70. The molecule has 21 heavy (non-hydrogen) atoms. The van der Waals surface area contributed by atoms with Gasteiger partial charge in [-0.15, -0.1) is 11.3 Å². The molecule has 0 saturated heterocycles. The van der Waals surface area contributed by atoms with Crippen LogP contribution in [0.15, 0.2) is 23.6 Å². The van der Waals surface area contributed by atoms with Gasteiger partial charge in [0.15, 0.2) is 0 Å². The van der Waals surface area contributed by atoms with Crippen LogP contribution >= 0.6 is 11.3 Å². The summed E-state index contributed by atoms with van der Waals surface area (Å²) in [5.74, 6) is -0.0931. The van der Waals surface area contributed by atoms with E-state index in [0.717, 1.165) is 22.8 Å². The Balaban J connectivity index is 2.04. The minimum absolute atomic E-state index is 0.0931. The van der Waals surface area contributed by atoms with Gasteiger partial charge in [0.1, 0.15) is 0 Å². The molecule has 0 aliphatic rings. The normalized spacial score (nSPS) is 10.4. The Hall–Kier alpha value is -2.08. The molecule has 6 heteroatoms. The Labute approximate surface area is 128 Å². The lowest BCUT2D eigenvalue weighted by atomic mass is 10.1. The first-order valence-corrected chi connectivity index (χ1v) is 7.80. The van der Waals surface area contributed by atoms with Crippen molar-refractivity contribution in [2.75, 3.05) is 24.1 Å². The van der Waals surface area contributed by atoms with Crippen LogP contribution in [0.5, 0.6) is 0 Å². The molecule has 0 atom stereocenters. The average Bonchev–Trinajstić information content (AvgIpc) is 2.85. The molecule has 1 heterocycles. The van der Waals surface area contributed by atoms with E-state index in [4.69, 9.17) is 5.73 Å². The number of carbonyl (C=O) groups excluding carboxylic acids is 1. The molecule has 0 unspecified atom stereocenters. The number of hydrogen-bond acceptors (Lipinski definition) is 5. The number of nitrogens with two attached hydrogens (primary N) is 1. The molecule has 0 radical (unpaired) electrons. The van der Waals surface area contributed by atoms with Crippen molar-refractivity contribution in [3.05, 3.63) is 39.8 Å². The number of aryl methyl sites for hydroxylation is 1. The quantitative estimate of drug-likeness (QED) is 0.716. The molecule has 2 rings (SSSR count). The van der Waals surface area contributed by atoms with Crippen LogP contribution in [0.1, 0.15) is 28.0 Å². The Morgan fingerprint density at radius 2 is 2.24 bits per heavy atom. The first-order valence-electron chi connectivity index (χ1n) is 6.92. The zero-order chi connectivity index (χ0) is 15.2. The van der Waals surface area contributed by atoms with Crippen LogP contribution < -0.4 is 16.4 Å². The molecule has 0 spiro atoms. The van der Waals surface area contributed by atoms with E-state index in [2.05, 4.69) is 21.0 Å². The van der Waals surface area contributed by atoms with Gasteiger partial charge in [0.25, 0.3) is 5.91 Å². The largest absolute Gasteiger partial charge is 0.399 e. The van der Waals surface area contributed by atoms with Gasteiger partial charge in [0.05, 0.1) is 16.3 Å². The molecule has 4 N–H and O–H groups in total. The smallest absolute Gasteiger partial charge is 0.253 e. The fraction of sp³-hybridized carbons (Fsp3) is 0.333. The van der Waals surface area contributed by atoms with Gasteiger partial charge >= 0.3 is 0 Å². The number of thiazole rings is 1. The average molecular weight is 304 g/mol. The highest BCUT2D eigenvalue weighted by Crippen LogP contribution is 2.19. The van der Waals surface area contributed by atoms with Crippen molar-refractivity contribution in [3.8, 4) is 0 Å². The monoisotopic (exact) mass is 304 g/mol. The van der Waals surface area contributed by atoms with Crippen LogP contribution in [0, 0.1) is 6.92 Å². The van der Waals surface area contributed by atoms with Gasteiger partial charge in [-0.3, -0.25) is 4.79 Å². The lowest BCUT2D eigenvalue weighted by Crippen LogP contribution is -2.24. The number of nitrogens with zero attached hydrogens (tertiary/aromatic N) is 1. The van der Waals surface area contributed by atoms with Crippen LogP contribution in [0.3, 0.4) is 0 Å². The minimum Gasteiger partial charge on any atom is -0.399 e. The maximum absolute atomic E-state index is 12.0. The van der Waals surface area contributed by atoms with E-state index in [1.807, 2.05) is 13.8 Å². The van der Waals surface area contributed by atoms with Crippen molar-refractivity contribution in [2.45, 2.75) is 20.3 Å². The van der Waals surface area contributed by atoms with E-state index in [9.17, 15) is 4.79 Å². The number of carbonyl (C=O) groups is 1. The third kappa shape index (κ3) is 4.19. The van der Waals surface area contributed by atoms with Crippen LogP contribution in [0.2, 0.25) is 0 Å². The lowest BCUT2D eigenvalue weighted by Gasteiger charge is -2.12. The van der Waals surface area contributed by atoms with Gasteiger partial charge in [0, 0.05) is 36.3 Å². The van der Waals surface area contributed by atoms with Crippen LogP contribution in [-0.4, -0.2) is 24.0 Å². The second kappa shape index (κ2) is 7.08. The Morgan fingerprint density at radius 1 is 1.43 bits per heavy atom. The van der Waals surface area contributed by atoms with E-state index in [1.165, 1.54) is 0 Å². The fourth-order valence-electron chi connectivity index (χ4n) is 2.01. The van der Waals surface area contributed by atoms with Gasteiger partial charge < -0.3 is 16.4 Å². The van der Waals surface area contributed by atoms with E-state index in [1.54, 1.807) is 29.5 Å². The molecule has 0 aliphatic heterocycles. The molecular weight excluding hydrogens is 284 g/mol. The molecule has 1 amide bonds. The summed E-state index contributed by atoms with van der Waals surface area (Å²) in [6.07, 6.45) is 0.813. The molecule has 112 valence electrons. The second-order valence-corrected chi connectivity index (χ2v) is 5.76. The van der Waals surface area contributed by atoms with E-state index in [0.29, 0.717) is 24.3 Å². The standard InChI is InChI=1S/C15H20N4OS/c1-3-17-15(20)13-5-4-11(16)8-14(13)18-7-6-12-9-21-10(2)19-12/h4-5,8-9,18H,3,6-7,16H2,1-2H3,(H,17,20). The maximum Gasteiger partial charge on any atom is 0.253 e. The summed E-state index contributed by atoms with van der Waals surface area (Å²) in [7, 11) is 0. The summed E-state index contributed by atoms with van der Waals surface area (Å²) >= 11 is 1.64. The zero-order valence-corrected chi connectivity index (χ0v) is 13.1. The van der Waals surface area contributed by atoms with Crippen molar-refractivity contribution >= 4 is 28.6 Å². The van der Waals surface area contributed by atoms with E-state index < -0.39 is 0 Å². The third-order valence-corrected chi connectivity index (χ3v) is 3.81. The number of benzene rings is 1. The molecule has 0 aliphatic carbocycles. The molecule has 0 saturated carbocycles. The first kappa shape index (κ1) is 15.3. The topological polar surface area (TPSA) is 80.0 Å². The fourth-order valence-corrected chi connectivity index (χ4v) is 2.66. The van der Waals surface area contributed by atoms with E-state index in [-0.39, 0.29) is 5.91 Å². The number of hydrogen-bond donors (Lipinski definition) is 3. The summed E-state index contributed by atoms with van der Waals surface area (Å²) in [6, 6.07) is 5.27. The molecule has 5 nitrogen and oxygen atoms in total. The lowest BCUT2D eigenvalue weighted by molar-refractivity contribution is 0.0956. The van der Waals surface area contributed by atoms with Crippen LogP contribution in [-0.2, 0) is 6.42 Å². The third-order valence-electron chi connectivity index (χ3n) is 2.99. The van der Waals surface area contributed by atoms with Gasteiger partial charge in [-0.2, -0.15) is 0 Å². The predicted molar refractivity (Wildman–Crippen MR) is 87.9 cm³/mol.